The molecule has 104 valence electrons. The molecule has 0 spiro atoms. The predicted octanol–water partition coefficient (Wildman–Crippen LogP) is 3.07. The van der Waals surface area contributed by atoms with Gasteiger partial charge >= 0.3 is 0 Å². The van der Waals surface area contributed by atoms with Gasteiger partial charge in [0.2, 0.25) is 0 Å². The van der Waals surface area contributed by atoms with Crippen LogP contribution in [0.3, 0.4) is 0 Å². The van der Waals surface area contributed by atoms with E-state index in [4.69, 9.17) is 15.2 Å². The van der Waals surface area contributed by atoms with Crippen LogP contribution in [0.5, 0.6) is 11.5 Å². The first-order chi connectivity index (χ1) is 9.79. The Morgan fingerprint density at radius 2 is 1.80 bits per heavy atom. The molecule has 0 saturated carbocycles. The smallest absolute Gasteiger partial charge is 0.166 e. The lowest BCUT2D eigenvalue weighted by Crippen LogP contribution is -2.20. The van der Waals surface area contributed by atoms with Crippen LogP contribution in [0, 0.1) is 0 Å². The molecule has 3 rings (SSSR count). The summed E-state index contributed by atoms with van der Waals surface area (Å²) >= 11 is 0. The van der Waals surface area contributed by atoms with Gasteiger partial charge in [-0.2, -0.15) is 0 Å². The number of rotatable bonds is 3. The highest BCUT2D eigenvalue weighted by atomic mass is 16.6. The van der Waals surface area contributed by atoms with Crippen molar-refractivity contribution in [3.05, 3.63) is 59.2 Å². The number of fused-ring (bicyclic) bond motifs is 1. The minimum Gasteiger partial charge on any atom is -0.486 e. The number of hydrogen-bond donors (Lipinski definition) is 1. The van der Waals surface area contributed by atoms with E-state index >= 15 is 0 Å². The Morgan fingerprint density at radius 3 is 2.55 bits per heavy atom. The molecule has 2 N–H and O–H groups in total. The van der Waals surface area contributed by atoms with E-state index in [1.807, 2.05) is 18.2 Å². The summed E-state index contributed by atoms with van der Waals surface area (Å²) in [6.07, 6.45) is 1.03. The zero-order valence-electron chi connectivity index (χ0n) is 11.6. The standard InChI is InChI=1S/C17H19NO2/c1-2-12-6-8-13(9-7-12)16(18)14-4-3-5-15-17(14)20-11-10-19-15/h3-9,16H,2,10-11,18H2,1H3. The van der Waals surface area contributed by atoms with Crippen LogP contribution in [0.1, 0.15) is 29.7 Å². The van der Waals surface area contributed by atoms with Crippen molar-refractivity contribution in [1.29, 1.82) is 0 Å². The lowest BCUT2D eigenvalue weighted by atomic mass is 9.97. The molecule has 0 bridgehead atoms. The van der Waals surface area contributed by atoms with Crippen molar-refractivity contribution in [2.75, 3.05) is 13.2 Å². The van der Waals surface area contributed by atoms with E-state index in [-0.39, 0.29) is 6.04 Å². The maximum absolute atomic E-state index is 6.40. The van der Waals surface area contributed by atoms with Crippen LogP contribution < -0.4 is 15.2 Å². The fraction of sp³-hybridized carbons (Fsp3) is 0.294. The summed E-state index contributed by atoms with van der Waals surface area (Å²) in [5, 5.41) is 0. The molecule has 1 atom stereocenters. The number of benzene rings is 2. The molecular weight excluding hydrogens is 250 g/mol. The van der Waals surface area contributed by atoms with E-state index in [1.165, 1.54) is 5.56 Å². The molecule has 3 heteroatoms. The Balaban J connectivity index is 1.95. The summed E-state index contributed by atoms with van der Waals surface area (Å²) in [7, 11) is 0. The molecule has 0 amide bonds. The van der Waals surface area contributed by atoms with Gasteiger partial charge in [0.05, 0.1) is 6.04 Å². The Bertz CT molecular complexity index is 592. The number of ether oxygens (including phenoxy) is 2. The third-order valence-corrected chi connectivity index (χ3v) is 3.68. The van der Waals surface area contributed by atoms with Gasteiger partial charge in [-0.1, -0.05) is 43.3 Å². The summed E-state index contributed by atoms with van der Waals surface area (Å²) in [5.41, 5.74) is 9.78. The Hall–Kier alpha value is -2.00. The zero-order chi connectivity index (χ0) is 13.9. The summed E-state index contributed by atoms with van der Waals surface area (Å²) in [6.45, 7) is 3.32. The van der Waals surface area contributed by atoms with Gasteiger partial charge in [0.15, 0.2) is 11.5 Å². The molecule has 20 heavy (non-hydrogen) atoms. The van der Waals surface area contributed by atoms with Crippen molar-refractivity contribution in [3.63, 3.8) is 0 Å². The first-order valence-electron chi connectivity index (χ1n) is 7.02. The van der Waals surface area contributed by atoms with Gasteiger partial charge in [-0.05, 0) is 23.6 Å². The van der Waals surface area contributed by atoms with E-state index in [0.29, 0.717) is 13.2 Å². The van der Waals surface area contributed by atoms with E-state index in [2.05, 4.69) is 31.2 Å². The molecule has 1 heterocycles. The molecule has 3 nitrogen and oxygen atoms in total. The van der Waals surface area contributed by atoms with Gasteiger partial charge in [-0.25, -0.2) is 0 Å². The van der Waals surface area contributed by atoms with Crippen molar-refractivity contribution in [2.24, 2.45) is 5.73 Å². The van der Waals surface area contributed by atoms with E-state index < -0.39 is 0 Å². The maximum Gasteiger partial charge on any atom is 0.166 e. The van der Waals surface area contributed by atoms with Gasteiger partial charge in [-0.15, -0.1) is 0 Å². The van der Waals surface area contributed by atoms with Crippen LogP contribution in [-0.4, -0.2) is 13.2 Å². The highest BCUT2D eigenvalue weighted by Crippen LogP contribution is 2.38. The van der Waals surface area contributed by atoms with Crippen LogP contribution in [0.2, 0.25) is 0 Å². The Labute approximate surface area is 119 Å². The van der Waals surface area contributed by atoms with Gasteiger partial charge < -0.3 is 15.2 Å². The van der Waals surface area contributed by atoms with Gasteiger partial charge in [0.1, 0.15) is 13.2 Å². The van der Waals surface area contributed by atoms with E-state index in [9.17, 15) is 0 Å². The first-order valence-corrected chi connectivity index (χ1v) is 7.02. The molecule has 2 aromatic rings. The second-order valence-electron chi connectivity index (χ2n) is 4.94. The van der Waals surface area contributed by atoms with Crippen LogP contribution in [0.4, 0.5) is 0 Å². The molecule has 1 unspecified atom stereocenters. The van der Waals surface area contributed by atoms with Crippen molar-refractivity contribution in [2.45, 2.75) is 19.4 Å². The van der Waals surface area contributed by atoms with E-state index in [0.717, 1.165) is 29.0 Å². The lowest BCUT2D eigenvalue weighted by molar-refractivity contribution is 0.169. The van der Waals surface area contributed by atoms with Crippen LogP contribution in [0.25, 0.3) is 0 Å². The Morgan fingerprint density at radius 1 is 1.05 bits per heavy atom. The second kappa shape index (κ2) is 5.55. The first kappa shape index (κ1) is 13.0. The molecule has 0 aromatic heterocycles. The SMILES string of the molecule is CCc1ccc(C(N)c2cccc3c2OCCO3)cc1. The topological polar surface area (TPSA) is 44.5 Å². The van der Waals surface area contributed by atoms with Crippen LogP contribution in [-0.2, 0) is 6.42 Å². The quantitative estimate of drug-likeness (QED) is 0.931. The minimum atomic E-state index is -0.197. The highest BCUT2D eigenvalue weighted by Gasteiger charge is 2.20. The molecule has 0 fully saturated rings. The molecule has 1 aliphatic rings. The average Bonchev–Trinajstić information content (AvgIpc) is 2.54. The molecule has 2 aromatic carbocycles. The van der Waals surface area contributed by atoms with Crippen molar-refractivity contribution >= 4 is 0 Å². The van der Waals surface area contributed by atoms with Crippen molar-refractivity contribution in [1.82, 2.24) is 0 Å². The van der Waals surface area contributed by atoms with Crippen LogP contribution in [0.15, 0.2) is 42.5 Å². The van der Waals surface area contributed by atoms with Crippen LogP contribution >= 0.6 is 0 Å². The lowest BCUT2D eigenvalue weighted by Gasteiger charge is -2.23. The van der Waals surface area contributed by atoms with Crippen molar-refractivity contribution < 1.29 is 9.47 Å². The molecule has 0 aliphatic carbocycles. The fourth-order valence-electron chi connectivity index (χ4n) is 2.48. The highest BCUT2D eigenvalue weighted by molar-refractivity contribution is 5.51. The van der Waals surface area contributed by atoms with Crippen molar-refractivity contribution in [3.8, 4) is 11.5 Å². The fourth-order valence-corrected chi connectivity index (χ4v) is 2.48. The summed E-state index contributed by atoms with van der Waals surface area (Å²) in [6, 6.07) is 14.1. The normalized spacial score (nSPS) is 14.9. The number of para-hydroxylation sites is 1. The maximum atomic E-state index is 6.40. The molecule has 0 radical (unpaired) electrons. The monoisotopic (exact) mass is 269 g/mol. The second-order valence-corrected chi connectivity index (χ2v) is 4.94. The minimum absolute atomic E-state index is 0.197. The summed E-state index contributed by atoms with van der Waals surface area (Å²) in [4.78, 5) is 0. The largest absolute Gasteiger partial charge is 0.486 e. The average molecular weight is 269 g/mol. The third-order valence-electron chi connectivity index (χ3n) is 3.68. The third kappa shape index (κ3) is 2.37. The molecule has 0 saturated heterocycles. The number of nitrogens with two attached hydrogens (primary N) is 1. The predicted molar refractivity (Wildman–Crippen MR) is 79.3 cm³/mol. The number of hydrogen-bond acceptors (Lipinski definition) is 3. The van der Waals surface area contributed by atoms with E-state index in [1.54, 1.807) is 0 Å². The molecular formula is C17H19NO2. The molecule has 1 aliphatic heterocycles. The van der Waals surface area contributed by atoms with Gasteiger partial charge in [-0.3, -0.25) is 0 Å². The summed E-state index contributed by atoms with van der Waals surface area (Å²) < 4.78 is 11.3. The van der Waals surface area contributed by atoms with Gasteiger partial charge in [0, 0.05) is 5.56 Å². The van der Waals surface area contributed by atoms with Gasteiger partial charge in [0.25, 0.3) is 0 Å². The summed E-state index contributed by atoms with van der Waals surface area (Å²) in [5.74, 6) is 1.57. The zero-order valence-corrected chi connectivity index (χ0v) is 11.6. The number of aryl methyl sites for hydroxylation is 1. The Kier molecular flexibility index (Phi) is 3.61.